The van der Waals surface area contributed by atoms with Crippen molar-refractivity contribution in [3.63, 3.8) is 0 Å². The van der Waals surface area contributed by atoms with Gasteiger partial charge in [-0.1, -0.05) is 37.3 Å². The van der Waals surface area contributed by atoms with Crippen molar-refractivity contribution >= 4 is 22.9 Å². The van der Waals surface area contributed by atoms with Crippen LogP contribution in [0.2, 0.25) is 0 Å². The largest absolute Gasteiger partial charge is 0.394 e. The zero-order valence-corrected chi connectivity index (χ0v) is 19.6. The second-order valence-electron chi connectivity index (χ2n) is 8.49. The van der Waals surface area contributed by atoms with E-state index in [1.54, 1.807) is 6.20 Å². The third-order valence-electron chi connectivity index (χ3n) is 5.70. The summed E-state index contributed by atoms with van der Waals surface area (Å²) in [4.78, 5) is 20.6. The van der Waals surface area contributed by atoms with Crippen molar-refractivity contribution in [2.45, 2.75) is 45.8 Å². The molecule has 0 saturated carbocycles. The molecule has 0 amide bonds. The van der Waals surface area contributed by atoms with E-state index in [-0.39, 0.29) is 18.7 Å². The molecule has 172 valence electrons. The van der Waals surface area contributed by atoms with E-state index in [1.807, 2.05) is 43.1 Å². The van der Waals surface area contributed by atoms with Gasteiger partial charge in [0.1, 0.15) is 0 Å². The fourth-order valence-corrected chi connectivity index (χ4v) is 3.73. The van der Waals surface area contributed by atoms with Gasteiger partial charge in [-0.3, -0.25) is 4.98 Å². The summed E-state index contributed by atoms with van der Waals surface area (Å²) in [5, 5.41) is 12.9. The molecule has 0 aliphatic rings. The van der Waals surface area contributed by atoms with Crippen LogP contribution in [0.4, 0.5) is 11.8 Å². The number of nitrogens with zero attached hydrogens (tertiary/aromatic N) is 6. The number of aliphatic hydroxyl groups is 1. The number of rotatable bonds is 9. The summed E-state index contributed by atoms with van der Waals surface area (Å²) >= 11 is 0. The maximum Gasteiger partial charge on any atom is 0.227 e. The molecule has 4 rings (SSSR count). The fourth-order valence-electron chi connectivity index (χ4n) is 3.73. The maximum absolute atomic E-state index is 9.63. The number of anilines is 2. The van der Waals surface area contributed by atoms with Crippen LogP contribution in [-0.2, 0) is 6.54 Å². The number of aliphatic hydroxyl groups excluding tert-OH is 1. The first-order valence-electron chi connectivity index (χ1n) is 11.3. The molecule has 3 heterocycles. The first kappa shape index (κ1) is 22.7. The smallest absolute Gasteiger partial charge is 0.227 e. The molecule has 8 heteroatoms. The summed E-state index contributed by atoms with van der Waals surface area (Å²) in [5.41, 5.74) is 4.74. The zero-order chi connectivity index (χ0) is 23.4. The summed E-state index contributed by atoms with van der Waals surface area (Å²) < 4.78 is 2.04. The summed E-state index contributed by atoms with van der Waals surface area (Å²) in [6.07, 6.45) is 4.39. The molecule has 0 saturated heterocycles. The van der Waals surface area contributed by atoms with Crippen molar-refractivity contribution in [1.82, 2.24) is 24.5 Å². The van der Waals surface area contributed by atoms with E-state index in [9.17, 15) is 5.11 Å². The topological polar surface area (TPSA) is 92.0 Å². The van der Waals surface area contributed by atoms with Gasteiger partial charge < -0.3 is 19.9 Å². The van der Waals surface area contributed by atoms with Crippen molar-refractivity contribution < 1.29 is 5.11 Å². The highest BCUT2D eigenvalue weighted by Crippen LogP contribution is 2.27. The molecule has 0 aliphatic heterocycles. The number of hydrogen-bond donors (Lipinski definition) is 2. The molecule has 3 aromatic heterocycles. The lowest BCUT2D eigenvalue weighted by molar-refractivity contribution is 0.271. The van der Waals surface area contributed by atoms with E-state index in [1.165, 1.54) is 0 Å². The Bertz CT molecular complexity index is 1180. The minimum atomic E-state index is -0.102. The van der Waals surface area contributed by atoms with Crippen molar-refractivity contribution in [2.24, 2.45) is 0 Å². The van der Waals surface area contributed by atoms with Crippen LogP contribution in [0.15, 0.2) is 55.0 Å². The SMILES string of the molecule is CCC(CO)Nc1nc(N(C)Cc2ccc(-c3ccccn3)cc2)c2ncn(C(C)C)c2n1. The van der Waals surface area contributed by atoms with Gasteiger partial charge in [0, 0.05) is 31.4 Å². The van der Waals surface area contributed by atoms with Crippen LogP contribution >= 0.6 is 0 Å². The maximum atomic E-state index is 9.63. The van der Waals surface area contributed by atoms with Crippen LogP contribution in [0, 0.1) is 0 Å². The molecule has 0 radical (unpaired) electrons. The van der Waals surface area contributed by atoms with Crippen molar-refractivity contribution in [2.75, 3.05) is 23.9 Å². The van der Waals surface area contributed by atoms with E-state index in [0.29, 0.717) is 12.5 Å². The predicted molar refractivity (Wildman–Crippen MR) is 132 cm³/mol. The van der Waals surface area contributed by atoms with E-state index >= 15 is 0 Å². The van der Waals surface area contributed by atoms with Crippen LogP contribution in [0.3, 0.4) is 0 Å². The third-order valence-corrected chi connectivity index (χ3v) is 5.70. The molecule has 0 fully saturated rings. The Morgan fingerprint density at radius 3 is 2.48 bits per heavy atom. The molecular weight excluding hydrogens is 414 g/mol. The Morgan fingerprint density at radius 2 is 1.85 bits per heavy atom. The highest BCUT2D eigenvalue weighted by Gasteiger charge is 2.19. The molecule has 1 unspecified atom stereocenters. The number of fused-ring (bicyclic) bond motifs is 1. The van der Waals surface area contributed by atoms with Gasteiger partial charge in [0.05, 0.1) is 24.7 Å². The Labute approximate surface area is 194 Å². The average Bonchev–Trinajstić information content (AvgIpc) is 3.27. The standard InChI is InChI=1S/C25H31N7O/c1-5-20(15-33)28-25-29-23(22-24(30-25)32(16-27-22)17(2)3)31(4)14-18-9-11-19(12-10-18)21-8-6-7-13-26-21/h6-13,16-17,20,33H,5,14-15H2,1-4H3,(H,28,29,30). The van der Waals surface area contributed by atoms with Gasteiger partial charge >= 0.3 is 0 Å². The minimum Gasteiger partial charge on any atom is -0.394 e. The van der Waals surface area contributed by atoms with E-state index < -0.39 is 0 Å². The fraction of sp³-hybridized carbons (Fsp3) is 0.360. The molecule has 33 heavy (non-hydrogen) atoms. The van der Waals surface area contributed by atoms with E-state index in [2.05, 4.69) is 58.3 Å². The van der Waals surface area contributed by atoms with Gasteiger partial charge in [0.2, 0.25) is 5.95 Å². The highest BCUT2D eigenvalue weighted by molar-refractivity contribution is 5.85. The number of nitrogens with one attached hydrogen (secondary N) is 1. The number of imidazole rings is 1. The normalized spacial score (nSPS) is 12.3. The van der Waals surface area contributed by atoms with Crippen LogP contribution in [-0.4, -0.2) is 49.3 Å². The Balaban J connectivity index is 1.64. The molecule has 0 spiro atoms. The van der Waals surface area contributed by atoms with Crippen LogP contribution in [0.25, 0.3) is 22.4 Å². The monoisotopic (exact) mass is 445 g/mol. The first-order valence-corrected chi connectivity index (χ1v) is 11.3. The highest BCUT2D eigenvalue weighted by atomic mass is 16.3. The number of pyridine rings is 1. The van der Waals surface area contributed by atoms with Crippen molar-refractivity contribution in [3.8, 4) is 11.3 Å². The quantitative estimate of drug-likeness (QED) is 0.397. The summed E-state index contributed by atoms with van der Waals surface area (Å²) in [6, 6.07) is 14.4. The van der Waals surface area contributed by atoms with Gasteiger partial charge in [-0.2, -0.15) is 9.97 Å². The van der Waals surface area contributed by atoms with Crippen molar-refractivity contribution in [3.05, 3.63) is 60.6 Å². The molecule has 1 aromatic carbocycles. The summed E-state index contributed by atoms with van der Waals surface area (Å²) in [5.74, 6) is 1.25. The molecule has 0 aliphatic carbocycles. The lowest BCUT2D eigenvalue weighted by Gasteiger charge is -2.21. The molecule has 2 N–H and O–H groups in total. The Kier molecular flexibility index (Phi) is 6.84. The average molecular weight is 446 g/mol. The van der Waals surface area contributed by atoms with Crippen LogP contribution < -0.4 is 10.2 Å². The van der Waals surface area contributed by atoms with Gasteiger partial charge in [-0.05, 0) is 38.0 Å². The van der Waals surface area contributed by atoms with Crippen LogP contribution in [0.1, 0.15) is 38.8 Å². The lowest BCUT2D eigenvalue weighted by Crippen LogP contribution is -2.25. The van der Waals surface area contributed by atoms with E-state index in [0.717, 1.165) is 40.2 Å². The van der Waals surface area contributed by atoms with Gasteiger partial charge in [0.15, 0.2) is 17.0 Å². The third kappa shape index (κ3) is 4.96. The Morgan fingerprint density at radius 1 is 1.06 bits per heavy atom. The zero-order valence-electron chi connectivity index (χ0n) is 19.6. The number of aromatic nitrogens is 5. The van der Waals surface area contributed by atoms with Gasteiger partial charge in [-0.25, -0.2) is 4.98 Å². The van der Waals surface area contributed by atoms with Gasteiger partial charge in [0.25, 0.3) is 0 Å². The summed E-state index contributed by atoms with van der Waals surface area (Å²) in [6.45, 7) is 6.91. The van der Waals surface area contributed by atoms with E-state index in [4.69, 9.17) is 9.97 Å². The number of benzene rings is 1. The lowest BCUT2D eigenvalue weighted by atomic mass is 10.1. The molecule has 1 atom stereocenters. The summed E-state index contributed by atoms with van der Waals surface area (Å²) in [7, 11) is 2.01. The molecular formula is C25H31N7O. The minimum absolute atomic E-state index is 0.0229. The molecule has 8 nitrogen and oxygen atoms in total. The second-order valence-corrected chi connectivity index (χ2v) is 8.49. The predicted octanol–water partition coefficient (Wildman–Crippen LogP) is 4.29. The first-order chi connectivity index (χ1) is 16.0. The van der Waals surface area contributed by atoms with Crippen LogP contribution in [0.5, 0.6) is 0 Å². The van der Waals surface area contributed by atoms with Crippen molar-refractivity contribution in [1.29, 1.82) is 0 Å². The molecule has 4 aromatic rings. The number of hydrogen-bond acceptors (Lipinski definition) is 7. The van der Waals surface area contributed by atoms with Gasteiger partial charge in [-0.15, -0.1) is 0 Å². The second kappa shape index (κ2) is 9.95. The molecule has 0 bridgehead atoms. The Hall–Kier alpha value is -3.52.